The van der Waals surface area contributed by atoms with Gasteiger partial charge in [0.2, 0.25) is 5.56 Å². The quantitative estimate of drug-likeness (QED) is 0.732. The number of H-pyrrole nitrogens is 2. The first-order valence-electron chi connectivity index (χ1n) is 10.4. The van der Waals surface area contributed by atoms with Crippen molar-refractivity contribution in [2.75, 3.05) is 31.1 Å². The molecule has 0 aliphatic carbocycles. The number of benzene rings is 1. The Morgan fingerprint density at radius 1 is 0.964 bits per heavy atom. The molecule has 2 aliphatic heterocycles. The molecule has 2 aromatic heterocycles. The van der Waals surface area contributed by atoms with Crippen LogP contribution < -0.4 is 10.5 Å². The summed E-state index contributed by atoms with van der Waals surface area (Å²) < 4.78 is 0. The Kier molecular flexibility index (Phi) is 4.47. The first-order chi connectivity index (χ1) is 13.7. The monoisotopic (exact) mass is 376 g/mol. The van der Waals surface area contributed by atoms with Crippen LogP contribution in [0.3, 0.4) is 0 Å². The lowest BCUT2D eigenvalue weighted by atomic mass is 9.72. The Morgan fingerprint density at radius 3 is 2.68 bits per heavy atom. The molecule has 1 aromatic carbocycles. The molecule has 4 heterocycles. The zero-order valence-electron chi connectivity index (χ0n) is 16.3. The van der Waals surface area contributed by atoms with Gasteiger partial charge in [-0.25, -0.2) is 0 Å². The third-order valence-corrected chi connectivity index (χ3v) is 6.73. The number of hydrogen-bond acceptors (Lipinski definition) is 3. The fourth-order valence-electron chi connectivity index (χ4n) is 5.20. The van der Waals surface area contributed by atoms with Gasteiger partial charge in [-0.2, -0.15) is 0 Å². The van der Waals surface area contributed by atoms with E-state index in [-0.39, 0.29) is 5.56 Å². The van der Waals surface area contributed by atoms with Crippen LogP contribution in [0.5, 0.6) is 0 Å². The van der Waals surface area contributed by atoms with Gasteiger partial charge in [0.1, 0.15) is 5.82 Å². The number of likely N-dealkylation sites (tertiary alicyclic amines) is 1. The van der Waals surface area contributed by atoms with E-state index in [9.17, 15) is 4.79 Å². The van der Waals surface area contributed by atoms with Gasteiger partial charge in [-0.15, -0.1) is 0 Å². The van der Waals surface area contributed by atoms with Gasteiger partial charge in [0.05, 0.1) is 0 Å². The van der Waals surface area contributed by atoms with E-state index in [1.54, 1.807) is 6.07 Å². The number of piperidine rings is 2. The molecule has 5 heteroatoms. The molecular weight excluding hydrogens is 348 g/mol. The van der Waals surface area contributed by atoms with Crippen LogP contribution in [0.2, 0.25) is 0 Å². The number of rotatable bonds is 3. The van der Waals surface area contributed by atoms with Crippen LogP contribution in [0.4, 0.5) is 5.82 Å². The minimum Gasteiger partial charge on any atom is -0.361 e. The zero-order valence-corrected chi connectivity index (χ0v) is 16.3. The van der Waals surface area contributed by atoms with Gasteiger partial charge >= 0.3 is 0 Å². The van der Waals surface area contributed by atoms with Crippen molar-refractivity contribution >= 4 is 16.7 Å². The van der Waals surface area contributed by atoms with E-state index in [4.69, 9.17) is 0 Å². The van der Waals surface area contributed by atoms with Crippen LogP contribution in [-0.4, -0.2) is 41.0 Å². The molecule has 28 heavy (non-hydrogen) atoms. The number of nitrogens with one attached hydrogen (secondary N) is 2. The molecule has 0 unspecified atom stereocenters. The Balaban J connectivity index is 1.26. The summed E-state index contributed by atoms with van der Waals surface area (Å²) in [6.07, 6.45) is 7.20. The number of anilines is 1. The van der Waals surface area contributed by atoms with Gasteiger partial charge in [-0.1, -0.05) is 24.3 Å². The van der Waals surface area contributed by atoms with E-state index in [1.807, 2.05) is 12.1 Å². The number of fused-ring (bicyclic) bond motifs is 1. The third-order valence-electron chi connectivity index (χ3n) is 6.73. The van der Waals surface area contributed by atoms with Crippen LogP contribution in [0.1, 0.15) is 31.2 Å². The number of hydrogen-bond donors (Lipinski definition) is 2. The van der Waals surface area contributed by atoms with Gasteiger partial charge in [0.15, 0.2) is 0 Å². The standard InChI is InChI=1S/C23H28N4O/c28-22-8-3-7-21(25-22)27-13-10-23(11-14-27)9-4-12-26(17-23)16-18-15-24-20-6-2-1-5-19(18)20/h1-3,5-8,15,24H,4,9-14,16-17H2,(H,25,28). The second-order valence-corrected chi connectivity index (χ2v) is 8.56. The van der Waals surface area contributed by atoms with E-state index in [0.29, 0.717) is 5.41 Å². The number of para-hydroxylation sites is 1. The van der Waals surface area contributed by atoms with Gasteiger partial charge in [0.25, 0.3) is 0 Å². The minimum atomic E-state index is -0.0136. The second kappa shape index (κ2) is 7.13. The summed E-state index contributed by atoms with van der Waals surface area (Å²) in [6.45, 7) is 5.46. The molecule has 0 bridgehead atoms. The number of aromatic amines is 2. The lowest BCUT2D eigenvalue weighted by Gasteiger charge is -2.48. The average Bonchev–Trinajstić information content (AvgIpc) is 3.12. The molecule has 2 N–H and O–H groups in total. The highest BCUT2D eigenvalue weighted by atomic mass is 16.1. The Bertz CT molecular complexity index is 1010. The van der Waals surface area contributed by atoms with Gasteiger partial charge < -0.3 is 14.9 Å². The molecule has 5 nitrogen and oxygen atoms in total. The lowest BCUT2D eigenvalue weighted by Crippen LogP contribution is -2.49. The summed E-state index contributed by atoms with van der Waals surface area (Å²) in [6, 6.07) is 14.0. The van der Waals surface area contributed by atoms with E-state index in [1.165, 1.54) is 55.2 Å². The first kappa shape index (κ1) is 17.6. The summed E-state index contributed by atoms with van der Waals surface area (Å²) in [5, 5.41) is 1.35. The maximum Gasteiger partial charge on any atom is 0.249 e. The van der Waals surface area contributed by atoms with Crippen LogP contribution in [0.25, 0.3) is 10.9 Å². The summed E-state index contributed by atoms with van der Waals surface area (Å²) in [5.41, 5.74) is 3.05. The molecule has 1 spiro atoms. The van der Waals surface area contributed by atoms with Gasteiger partial charge in [0, 0.05) is 49.3 Å². The van der Waals surface area contributed by atoms with Crippen molar-refractivity contribution in [2.24, 2.45) is 5.41 Å². The zero-order chi connectivity index (χ0) is 19.0. The van der Waals surface area contributed by atoms with Crippen molar-refractivity contribution in [1.82, 2.24) is 14.9 Å². The summed E-state index contributed by atoms with van der Waals surface area (Å²) in [7, 11) is 0. The van der Waals surface area contributed by atoms with Crippen LogP contribution in [-0.2, 0) is 6.54 Å². The molecule has 2 fully saturated rings. The van der Waals surface area contributed by atoms with Crippen molar-refractivity contribution in [2.45, 2.75) is 32.2 Å². The fraction of sp³-hybridized carbons (Fsp3) is 0.435. The van der Waals surface area contributed by atoms with Crippen LogP contribution in [0.15, 0.2) is 53.5 Å². The van der Waals surface area contributed by atoms with Crippen LogP contribution in [0, 0.1) is 5.41 Å². The maximum atomic E-state index is 11.6. The molecule has 146 valence electrons. The normalized spacial score (nSPS) is 20.1. The molecular formula is C23H28N4O. The van der Waals surface area contributed by atoms with Crippen molar-refractivity contribution in [1.29, 1.82) is 0 Å². The van der Waals surface area contributed by atoms with Crippen molar-refractivity contribution < 1.29 is 0 Å². The first-order valence-corrected chi connectivity index (χ1v) is 10.4. The smallest absolute Gasteiger partial charge is 0.249 e. The molecule has 3 aromatic rings. The number of nitrogens with zero attached hydrogens (tertiary/aromatic N) is 2. The van der Waals surface area contributed by atoms with Gasteiger partial charge in [-0.3, -0.25) is 9.69 Å². The largest absolute Gasteiger partial charge is 0.361 e. The molecule has 5 rings (SSSR count). The maximum absolute atomic E-state index is 11.6. The Morgan fingerprint density at radius 2 is 1.82 bits per heavy atom. The topological polar surface area (TPSA) is 55.1 Å². The number of pyridine rings is 1. The molecule has 2 saturated heterocycles. The molecule has 0 atom stereocenters. The molecule has 0 radical (unpaired) electrons. The van der Waals surface area contributed by atoms with Crippen molar-refractivity contribution in [3.63, 3.8) is 0 Å². The molecule has 2 aliphatic rings. The summed E-state index contributed by atoms with van der Waals surface area (Å²) >= 11 is 0. The van der Waals surface area contributed by atoms with Crippen molar-refractivity contribution in [3.8, 4) is 0 Å². The minimum absolute atomic E-state index is 0.0136. The number of aromatic nitrogens is 2. The summed E-state index contributed by atoms with van der Waals surface area (Å²) in [5.74, 6) is 0.966. The van der Waals surface area contributed by atoms with E-state index >= 15 is 0 Å². The predicted molar refractivity (Wildman–Crippen MR) is 114 cm³/mol. The lowest BCUT2D eigenvalue weighted by molar-refractivity contribution is 0.0607. The van der Waals surface area contributed by atoms with E-state index < -0.39 is 0 Å². The van der Waals surface area contributed by atoms with E-state index in [2.05, 4.69) is 50.2 Å². The SMILES string of the molecule is O=c1cccc(N2CCC3(CCCN(Cc4c[nH]c5ccccc45)C3)CC2)[nH]1. The van der Waals surface area contributed by atoms with Crippen molar-refractivity contribution in [3.05, 3.63) is 64.6 Å². The van der Waals surface area contributed by atoms with E-state index in [0.717, 1.165) is 25.5 Å². The highest BCUT2D eigenvalue weighted by molar-refractivity contribution is 5.82. The van der Waals surface area contributed by atoms with Crippen LogP contribution >= 0.6 is 0 Å². The highest BCUT2D eigenvalue weighted by Crippen LogP contribution is 2.41. The predicted octanol–water partition coefficient (Wildman–Crippen LogP) is 3.74. The average molecular weight is 377 g/mol. The third kappa shape index (κ3) is 3.35. The second-order valence-electron chi connectivity index (χ2n) is 8.56. The van der Waals surface area contributed by atoms with Gasteiger partial charge in [-0.05, 0) is 55.3 Å². The Labute approximate surface area is 165 Å². The molecule has 0 saturated carbocycles. The highest BCUT2D eigenvalue weighted by Gasteiger charge is 2.38. The molecule has 0 amide bonds. The fourth-order valence-corrected chi connectivity index (χ4v) is 5.20. The summed E-state index contributed by atoms with van der Waals surface area (Å²) in [4.78, 5) is 23.0. The Hall–Kier alpha value is -2.53.